The minimum atomic E-state index is -0.194. The van der Waals surface area contributed by atoms with Crippen molar-refractivity contribution in [3.8, 4) is 0 Å². The highest BCUT2D eigenvalue weighted by molar-refractivity contribution is 9.11. The molecule has 1 unspecified atom stereocenters. The Labute approximate surface area is 143 Å². The molecule has 2 aromatic rings. The number of benzene rings is 2. The Morgan fingerprint density at radius 3 is 1.76 bits per heavy atom. The number of hydrogen-bond acceptors (Lipinski definition) is 0. The lowest BCUT2D eigenvalue weighted by Gasteiger charge is -2.23. The summed E-state index contributed by atoms with van der Waals surface area (Å²) >= 11 is 7.20. The molecule has 0 nitrogen and oxygen atoms in total. The lowest BCUT2D eigenvalue weighted by atomic mass is 9.86. The number of rotatable bonds is 2. The molecule has 0 spiro atoms. The Hall–Kier alpha value is -0.670. The van der Waals surface area contributed by atoms with E-state index in [0.29, 0.717) is 5.56 Å². The summed E-state index contributed by atoms with van der Waals surface area (Å²) in [4.78, 5) is -0.161. The number of alkyl halides is 1. The Kier molecular flexibility index (Phi) is 4.94. The quantitative estimate of drug-likeness (QED) is 0.485. The summed E-state index contributed by atoms with van der Waals surface area (Å²) in [5, 5.41) is 0. The van der Waals surface area contributed by atoms with E-state index in [-0.39, 0.29) is 10.6 Å². The highest BCUT2D eigenvalue weighted by atomic mass is 79.9. The summed E-state index contributed by atoms with van der Waals surface area (Å²) in [5.74, 6) is -0.194. The molecule has 1 atom stereocenters. The summed E-state index contributed by atoms with van der Waals surface area (Å²) in [5.41, 5.74) is 8.17. The van der Waals surface area contributed by atoms with Gasteiger partial charge in [0.25, 0.3) is 0 Å². The average Bonchev–Trinajstić information content (AvgIpc) is 2.43. The zero-order valence-electron chi connectivity index (χ0n) is 12.9. The summed E-state index contributed by atoms with van der Waals surface area (Å²) in [7, 11) is 0. The molecule has 112 valence electrons. The molecular formula is C18H19Br2F. The van der Waals surface area contributed by atoms with Gasteiger partial charge in [0.1, 0.15) is 5.82 Å². The standard InChI is InChI=1S/C18H19Br2F/c1-9-10(2)12(4)16(13(5)11(9)3)18(20)17-14(19)7-6-8-15(17)21/h6-8,18H,1-5H3. The minimum absolute atomic E-state index is 0.161. The fourth-order valence-electron chi connectivity index (χ4n) is 2.81. The van der Waals surface area contributed by atoms with Crippen LogP contribution in [0.4, 0.5) is 4.39 Å². The van der Waals surface area contributed by atoms with Crippen molar-refractivity contribution >= 4 is 31.9 Å². The van der Waals surface area contributed by atoms with Crippen molar-refractivity contribution in [3.05, 3.63) is 67.4 Å². The second-order valence-corrected chi connectivity index (χ2v) is 7.31. The predicted molar refractivity (Wildman–Crippen MR) is 95.0 cm³/mol. The highest BCUT2D eigenvalue weighted by Crippen LogP contribution is 2.42. The third-order valence-corrected chi connectivity index (χ3v) is 6.17. The molecule has 0 saturated carbocycles. The Morgan fingerprint density at radius 1 is 0.810 bits per heavy atom. The van der Waals surface area contributed by atoms with Crippen molar-refractivity contribution in [1.29, 1.82) is 0 Å². The Morgan fingerprint density at radius 2 is 1.29 bits per heavy atom. The normalized spacial score (nSPS) is 12.6. The van der Waals surface area contributed by atoms with E-state index in [2.05, 4.69) is 66.5 Å². The molecule has 0 N–H and O–H groups in total. The average molecular weight is 414 g/mol. The fraction of sp³-hybridized carbons (Fsp3) is 0.333. The molecule has 21 heavy (non-hydrogen) atoms. The molecule has 0 heterocycles. The van der Waals surface area contributed by atoms with Crippen molar-refractivity contribution in [2.75, 3.05) is 0 Å². The Bertz CT molecular complexity index is 656. The van der Waals surface area contributed by atoms with E-state index in [9.17, 15) is 4.39 Å². The second kappa shape index (κ2) is 6.21. The highest BCUT2D eigenvalue weighted by Gasteiger charge is 2.23. The maximum atomic E-state index is 14.3. The van der Waals surface area contributed by atoms with Gasteiger partial charge in [0, 0.05) is 10.0 Å². The predicted octanol–water partition coefficient (Wildman–Crippen LogP) is 6.61. The second-order valence-electron chi connectivity index (χ2n) is 5.54. The van der Waals surface area contributed by atoms with Crippen LogP contribution in [0.2, 0.25) is 0 Å². The third-order valence-electron chi connectivity index (χ3n) is 4.56. The van der Waals surface area contributed by atoms with Gasteiger partial charge in [0.2, 0.25) is 0 Å². The van der Waals surface area contributed by atoms with Crippen molar-refractivity contribution in [3.63, 3.8) is 0 Å². The molecule has 0 saturated heterocycles. The molecule has 0 aromatic heterocycles. The fourth-order valence-corrected chi connectivity index (χ4v) is 4.84. The van der Waals surface area contributed by atoms with Crippen LogP contribution in [0.25, 0.3) is 0 Å². The summed E-state index contributed by atoms with van der Waals surface area (Å²) < 4.78 is 15.1. The molecule has 2 aromatic carbocycles. The molecule has 0 aliphatic rings. The van der Waals surface area contributed by atoms with Crippen LogP contribution in [0.3, 0.4) is 0 Å². The van der Waals surface area contributed by atoms with E-state index >= 15 is 0 Å². The van der Waals surface area contributed by atoms with E-state index in [1.54, 1.807) is 6.07 Å². The maximum Gasteiger partial charge on any atom is 0.129 e. The Balaban J connectivity index is 2.73. The first-order valence-electron chi connectivity index (χ1n) is 6.92. The molecule has 2 rings (SSSR count). The van der Waals surface area contributed by atoms with Crippen LogP contribution in [0.15, 0.2) is 22.7 Å². The van der Waals surface area contributed by atoms with Crippen LogP contribution in [0.1, 0.15) is 43.8 Å². The van der Waals surface area contributed by atoms with Gasteiger partial charge in [-0.3, -0.25) is 0 Å². The zero-order valence-corrected chi connectivity index (χ0v) is 16.1. The molecule has 3 heteroatoms. The van der Waals surface area contributed by atoms with E-state index in [4.69, 9.17) is 0 Å². The summed E-state index contributed by atoms with van der Waals surface area (Å²) in [6.07, 6.45) is 0. The van der Waals surface area contributed by atoms with Gasteiger partial charge in [-0.25, -0.2) is 4.39 Å². The van der Waals surface area contributed by atoms with Gasteiger partial charge in [0.15, 0.2) is 0 Å². The molecule has 0 aliphatic carbocycles. The van der Waals surface area contributed by atoms with Crippen LogP contribution in [-0.4, -0.2) is 0 Å². The van der Waals surface area contributed by atoms with E-state index in [1.807, 2.05) is 6.07 Å². The van der Waals surface area contributed by atoms with E-state index in [0.717, 1.165) is 4.47 Å². The number of hydrogen-bond donors (Lipinski definition) is 0. The topological polar surface area (TPSA) is 0 Å². The summed E-state index contributed by atoms with van der Waals surface area (Å²) in [6, 6.07) is 5.10. The van der Waals surface area contributed by atoms with Crippen molar-refractivity contribution in [2.45, 2.75) is 39.4 Å². The number of halogens is 3. The zero-order chi connectivity index (χ0) is 15.9. The smallest absolute Gasteiger partial charge is 0.129 e. The molecule has 0 amide bonds. The van der Waals surface area contributed by atoms with Gasteiger partial charge in [-0.15, -0.1) is 0 Å². The lowest BCUT2D eigenvalue weighted by Crippen LogP contribution is -2.07. The van der Waals surface area contributed by atoms with Crippen LogP contribution in [-0.2, 0) is 0 Å². The van der Waals surface area contributed by atoms with Gasteiger partial charge in [-0.2, -0.15) is 0 Å². The maximum absolute atomic E-state index is 14.3. The molecule has 0 aliphatic heterocycles. The van der Waals surface area contributed by atoms with Crippen molar-refractivity contribution in [2.24, 2.45) is 0 Å². The van der Waals surface area contributed by atoms with Gasteiger partial charge in [-0.1, -0.05) is 37.9 Å². The monoisotopic (exact) mass is 412 g/mol. The molecule has 0 radical (unpaired) electrons. The lowest BCUT2D eigenvalue weighted by molar-refractivity contribution is 0.612. The van der Waals surface area contributed by atoms with E-state index in [1.165, 1.54) is 39.4 Å². The minimum Gasteiger partial charge on any atom is -0.207 e. The van der Waals surface area contributed by atoms with Crippen LogP contribution in [0.5, 0.6) is 0 Å². The van der Waals surface area contributed by atoms with Crippen LogP contribution < -0.4 is 0 Å². The molecular weight excluding hydrogens is 395 g/mol. The van der Waals surface area contributed by atoms with E-state index < -0.39 is 0 Å². The summed E-state index contributed by atoms with van der Waals surface area (Å²) in [6.45, 7) is 10.7. The van der Waals surface area contributed by atoms with Gasteiger partial charge >= 0.3 is 0 Å². The first-order chi connectivity index (χ1) is 9.77. The van der Waals surface area contributed by atoms with Crippen molar-refractivity contribution in [1.82, 2.24) is 0 Å². The first-order valence-corrected chi connectivity index (χ1v) is 8.63. The van der Waals surface area contributed by atoms with Crippen molar-refractivity contribution < 1.29 is 4.39 Å². The first kappa shape index (κ1) is 16.7. The molecule has 0 fully saturated rings. The van der Waals surface area contributed by atoms with Gasteiger partial charge in [0.05, 0.1) is 4.83 Å². The SMILES string of the molecule is Cc1c(C)c(C)c(C(Br)c2c(F)cccc2Br)c(C)c1C. The van der Waals surface area contributed by atoms with Gasteiger partial charge in [-0.05, 0) is 80.1 Å². The molecule has 0 bridgehead atoms. The van der Waals surface area contributed by atoms with Gasteiger partial charge < -0.3 is 0 Å². The van der Waals surface area contributed by atoms with Crippen LogP contribution >= 0.6 is 31.9 Å². The third kappa shape index (κ3) is 2.83. The largest absolute Gasteiger partial charge is 0.207 e. The van der Waals surface area contributed by atoms with Crippen LogP contribution in [0, 0.1) is 40.4 Å².